The van der Waals surface area contributed by atoms with Crippen LogP contribution in [0.5, 0.6) is 0 Å². The van der Waals surface area contributed by atoms with Crippen molar-refractivity contribution in [2.24, 2.45) is 0 Å². The van der Waals surface area contributed by atoms with Crippen LogP contribution in [0.15, 0.2) is 191 Å². The molecule has 2 aliphatic rings. The number of rotatable bonds is 34. The largest absolute Gasteiger partial charge is 0.311 e. The Balaban J connectivity index is 0.699. The van der Waals surface area contributed by atoms with Crippen molar-refractivity contribution in [3.05, 3.63) is 247 Å². The molecule has 0 unspecified atom stereocenters. The number of carbonyl (C=O) groups is 4. The minimum atomic E-state index is -0.323. The van der Waals surface area contributed by atoms with Crippen LogP contribution in [-0.2, 0) is 38.5 Å². The van der Waals surface area contributed by atoms with E-state index in [0.29, 0.717) is 67.7 Å². The maximum absolute atomic E-state index is 14.8. The van der Waals surface area contributed by atoms with Gasteiger partial charge in [-0.1, -0.05) is 222 Å². The van der Waals surface area contributed by atoms with E-state index in [-0.39, 0.29) is 36.7 Å². The molecule has 8 nitrogen and oxygen atoms in total. The molecule has 0 radical (unpaired) electrons. The van der Waals surface area contributed by atoms with Crippen LogP contribution >= 0.6 is 31.9 Å². The summed E-state index contributed by atoms with van der Waals surface area (Å²) < 4.78 is 1.40. The van der Waals surface area contributed by atoms with Gasteiger partial charge in [-0.25, -0.2) is 0 Å². The highest BCUT2D eigenvalue weighted by Crippen LogP contribution is 2.51. The number of imide groups is 2. The monoisotopic (exact) mass is 1450 g/mol. The third-order valence-corrected chi connectivity index (χ3v) is 22.3. The van der Waals surface area contributed by atoms with Crippen molar-refractivity contribution in [3.8, 4) is 0 Å². The summed E-state index contributed by atoms with van der Waals surface area (Å²) in [7, 11) is 0. The molecule has 2 aliphatic heterocycles. The van der Waals surface area contributed by atoms with E-state index in [4.69, 9.17) is 0 Å². The zero-order valence-corrected chi connectivity index (χ0v) is 62.1. The fourth-order valence-corrected chi connectivity index (χ4v) is 16.8. The molecule has 0 spiro atoms. The van der Waals surface area contributed by atoms with Gasteiger partial charge in [0.05, 0.1) is 0 Å². The molecule has 2 heterocycles. The highest BCUT2D eigenvalue weighted by molar-refractivity contribution is 9.11. The van der Waals surface area contributed by atoms with Crippen LogP contribution in [0.25, 0.3) is 43.1 Å². The molecule has 4 amide bonds. The van der Waals surface area contributed by atoms with Gasteiger partial charge in [0.25, 0.3) is 23.6 Å². The normalized spacial score (nSPS) is 13.0. The number of carbonyl (C=O) groups excluding carboxylic acids is 4. The van der Waals surface area contributed by atoms with E-state index in [1.54, 1.807) is 0 Å². The average molecular weight is 1460 g/mol. The number of nitrogens with zero attached hydrogens (tertiary/aromatic N) is 4. The zero-order chi connectivity index (χ0) is 69.2. The number of anilines is 6. The van der Waals surface area contributed by atoms with E-state index in [1.807, 2.05) is 36.4 Å². The molecule has 13 rings (SSSR count). The number of unbranched alkanes of at least 4 members (excludes halogenated alkanes) is 12. The Bertz CT molecular complexity index is 4290. The Morgan fingerprint density at radius 1 is 0.260 bits per heavy atom. The molecule has 0 bridgehead atoms. The predicted octanol–water partition coefficient (Wildman–Crippen LogP) is 25.2. The van der Waals surface area contributed by atoms with Gasteiger partial charge in [-0.2, -0.15) is 0 Å². The van der Waals surface area contributed by atoms with E-state index < -0.39 is 0 Å². The lowest BCUT2D eigenvalue weighted by Gasteiger charge is -2.31. The SMILES string of the molecule is CCCCCCc1ccc(N(c2ccc(CCCCCC)cc2)c2ccc(CCCN3C(=O)c4ccc5c6c(Br)cc7c8c(ccc(c9c(Br)cc(c4c59)C3=O)c86)C(=O)N(CCCc3ccc(N(c4ccc(CCCCCC)cc4)c4ccc(CCCCCC)cc4)cc3)C7=O)cc2)cc1. The van der Waals surface area contributed by atoms with Crippen molar-refractivity contribution in [2.75, 3.05) is 22.9 Å². The van der Waals surface area contributed by atoms with E-state index in [1.165, 1.54) is 135 Å². The Kier molecular flexibility index (Phi) is 22.7. The third-order valence-electron chi connectivity index (χ3n) is 21.0. The molecule has 0 aliphatic carbocycles. The second-order valence-corrected chi connectivity index (χ2v) is 29.7. The topological polar surface area (TPSA) is 81.2 Å². The molecule has 0 aromatic heterocycles. The number of hydrogen-bond acceptors (Lipinski definition) is 6. The second-order valence-electron chi connectivity index (χ2n) is 28.0. The fraction of sp³-hybridized carbons (Fsp3) is 0.333. The predicted molar refractivity (Wildman–Crippen MR) is 424 cm³/mol. The summed E-state index contributed by atoms with van der Waals surface area (Å²) in [5, 5.41) is 6.15. The Labute approximate surface area is 608 Å². The van der Waals surface area contributed by atoms with Crippen LogP contribution in [0.1, 0.15) is 218 Å². The summed E-state index contributed by atoms with van der Waals surface area (Å²) in [5.74, 6) is -1.27. The quantitative estimate of drug-likeness (QED) is 0.0173. The van der Waals surface area contributed by atoms with Gasteiger partial charge in [-0.15, -0.1) is 0 Å². The summed E-state index contributed by atoms with van der Waals surface area (Å²) >= 11 is 7.88. The molecule has 0 atom stereocenters. The molecule has 0 saturated heterocycles. The minimum Gasteiger partial charge on any atom is -0.311 e. The molecule has 0 fully saturated rings. The Morgan fingerprint density at radius 3 is 0.750 bits per heavy atom. The van der Waals surface area contributed by atoms with Gasteiger partial charge < -0.3 is 9.80 Å². The maximum atomic E-state index is 14.8. The van der Waals surface area contributed by atoms with Crippen LogP contribution in [0.4, 0.5) is 34.1 Å². The Hall–Kier alpha value is -8.44. The first-order valence-electron chi connectivity index (χ1n) is 37.4. The molecule has 11 aromatic rings. The van der Waals surface area contributed by atoms with Crippen LogP contribution < -0.4 is 9.80 Å². The summed E-state index contributed by atoms with van der Waals surface area (Å²) in [4.78, 5) is 66.7. The highest BCUT2D eigenvalue weighted by atomic mass is 79.9. The molecular formula is C90H94Br2N4O4. The molecule has 10 heteroatoms. The highest BCUT2D eigenvalue weighted by Gasteiger charge is 2.38. The van der Waals surface area contributed by atoms with Gasteiger partial charge in [0.1, 0.15) is 0 Å². The van der Waals surface area contributed by atoms with E-state index in [0.717, 1.165) is 103 Å². The molecule has 11 aromatic carbocycles. The number of amides is 4. The van der Waals surface area contributed by atoms with Crippen molar-refractivity contribution in [1.82, 2.24) is 9.80 Å². The van der Waals surface area contributed by atoms with Crippen molar-refractivity contribution >= 4 is 133 Å². The van der Waals surface area contributed by atoms with Gasteiger partial charge in [0.2, 0.25) is 0 Å². The van der Waals surface area contributed by atoms with E-state index >= 15 is 0 Å². The summed E-state index contributed by atoms with van der Waals surface area (Å²) in [5.41, 5.74) is 16.2. The number of hydrogen-bond donors (Lipinski definition) is 0. The van der Waals surface area contributed by atoms with Gasteiger partial charge >= 0.3 is 0 Å². The summed E-state index contributed by atoms with van der Waals surface area (Å²) in [6.45, 7) is 9.55. The van der Waals surface area contributed by atoms with Gasteiger partial charge in [-0.05, 0) is 218 Å². The first-order chi connectivity index (χ1) is 49.0. The van der Waals surface area contributed by atoms with Gasteiger partial charge in [0.15, 0.2) is 0 Å². The summed E-state index contributed by atoms with van der Waals surface area (Å²) in [6.07, 6.45) is 26.8. The van der Waals surface area contributed by atoms with Crippen LogP contribution in [-0.4, -0.2) is 46.5 Å². The first kappa shape index (κ1) is 70.0. The van der Waals surface area contributed by atoms with Gasteiger partial charge in [0, 0.05) is 111 Å². The lowest BCUT2D eigenvalue weighted by atomic mass is 9.82. The average Bonchev–Trinajstić information content (AvgIpc) is 0.684. The molecule has 0 N–H and O–H groups in total. The maximum Gasteiger partial charge on any atom is 0.261 e. The Morgan fingerprint density at radius 2 is 0.500 bits per heavy atom. The minimum absolute atomic E-state index is 0.262. The van der Waals surface area contributed by atoms with Gasteiger partial charge in [-0.3, -0.25) is 29.0 Å². The summed E-state index contributed by atoms with van der Waals surface area (Å²) in [6, 6.07) is 65.1. The third kappa shape index (κ3) is 14.8. The fourth-order valence-electron chi connectivity index (χ4n) is 15.5. The molecule has 100 heavy (non-hydrogen) atoms. The second kappa shape index (κ2) is 32.5. The first-order valence-corrected chi connectivity index (χ1v) is 39.0. The van der Waals surface area contributed by atoms with Crippen molar-refractivity contribution in [1.29, 1.82) is 0 Å². The molecule has 0 saturated carbocycles. The number of fused-ring (bicyclic) bond motifs is 2. The smallest absolute Gasteiger partial charge is 0.261 e. The van der Waals surface area contributed by atoms with Crippen LogP contribution in [0.2, 0.25) is 0 Å². The van der Waals surface area contributed by atoms with Crippen LogP contribution in [0.3, 0.4) is 0 Å². The van der Waals surface area contributed by atoms with Crippen molar-refractivity contribution in [3.63, 3.8) is 0 Å². The van der Waals surface area contributed by atoms with E-state index in [9.17, 15) is 19.2 Å². The molecular weight excluding hydrogens is 1360 g/mol. The standard InChI is InChI=1S/C90H94Br2N4O4/c1-5-9-13-17-23-61-29-41-67(42-30-61)95(68-43-31-62(32-44-68)24-18-14-10-6-2)71-49-37-65(38-50-71)27-21-57-93-87(97)75-55-53-73-84-80(92)60-78-82-76(56-54-74(86(82)84)83-79(91)59-77(89(93)99)81(75)85(73)83)88(98)94(90(78)100)58-22-28-66-39-51-72(52-40-66)96(69-45-33-63(34-46-69)25-19-15-11-7-3)70-47-35-64(36-48-70)26-20-16-12-8-4/h29-56,59-60H,5-28,57-58H2,1-4H3. The number of benzene rings is 11. The van der Waals surface area contributed by atoms with Crippen LogP contribution in [0, 0.1) is 0 Å². The lowest BCUT2D eigenvalue weighted by Crippen LogP contribution is -2.41. The molecule has 512 valence electrons. The van der Waals surface area contributed by atoms with E-state index in [2.05, 4.69) is 215 Å². The lowest BCUT2D eigenvalue weighted by molar-refractivity contribution is 0.0593. The number of halogens is 2. The number of aryl methyl sites for hydroxylation is 6. The van der Waals surface area contributed by atoms with Crippen molar-refractivity contribution in [2.45, 2.75) is 182 Å². The van der Waals surface area contributed by atoms with Crippen molar-refractivity contribution < 1.29 is 19.2 Å². The zero-order valence-electron chi connectivity index (χ0n) is 58.9.